The molecule has 0 bridgehead atoms. The highest BCUT2D eigenvalue weighted by Gasteiger charge is 2.26. The Morgan fingerprint density at radius 3 is 2.25 bits per heavy atom. The molecule has 0 saturated carbocycles. The minimum absolute atomic E-state index is 0.605. The van der Waals surface area contributed by atoms with Crippen molar-refractivity contribution in [2.75, 3.05) is 5.75 Å². The molecule has 1 unspecified atom stereocenters. The largest absolute Gasteiger partial charge is 0.481 e. The molecular weight excluding hydrogens is 240 g/mol. The predicted octanol–water partition coefficient (Wildman–Crippen LogP) is -1.54. The van der Waals surface area contributed by atoms with Gasteiger partial charge < -0.3 is 10.8 Å². The van der Waals surface area contributed by atoms with E-state index in [1.807, 2.05) is 0 Å². The summed E-state index contributed by atoms with van der Waals surface area (Å²) in [4.78, 5) is 31.4. The summed E-state index contributed by atoms with van der Waals surface area (Å²) in [5.41, 5.74) is 4.61. The second-order valence-electron chi connectivity index (χ2n) is 3.13. The van der Waals surface area contributed by atoms with Crippen LogP contribution in [0.5, 0.6) is 0 Å². The van der Waals surface area contributed by atoms with Crippen LogP contribution in [0.2, 0.25) is 0 Å². The quantitative estimate of drug-likeness (QED) is 0.540. The monoisotopic (exact) mass is 252 g/mol. The first-order valence-electron chi connectivity index (χ1n) is 4.18. The van der Waals surface area contributed by atoms with Gasteiger partial charge in [0.05, 0.1) is 11.7 Å². The smallest absolute Gasteiger partial charge is 0.318 e. The van der Waals surface area contributed by atoms with Crippen LogP contribution < -0.4 is 11.1 Å². The molecule has 0 aliphatic heterocycles. The van der Waals surface area contributed by atoms with Gasteiger partial charge in [-0.1, -0.05) is 0 Å². The number of nitrogens with one attached hydrogen (secondary N) is 1. The van der Waals surface area contributed by atoms with Gasteiger partial charge in [0.15, 0.2) is 9.84 Å². The molecule has 92 valence electrons. The van der Waals surface area contributed by atoms with Crippen LogP contribution in [0.1, 0.15) is 13.3 Å². The second kappa shape index (κ2) is 5.45. The zero-order chi connectivity index (χ0) is 12.9. The molecule has 0 fully saturated rings. The maximum atomic E-state index is 11.4. The van der Waals surface area contributed by atoms with E-state index in [0.717, 1.165) is 0 Å². The lowest BCUT2D eigenvalue weighted by Crippen LogP contribution is -2.40. The van der Waals surface area contributed by atoms with E-state index < -0.39 is 45.2 Å². The van der Waals surface area contributed by atoms with Gasteiger partial charge in [-0.3, -0.25) is 14.9 Å². The van der Waals surface area contributed by atoms with Crippen molar-refractivity contribution in [2.24, 2.45) is 5.73 Å². The summed E-state index contributed by atoms with van der Waals surface area (Å²) in [6.45, 7) is 1.17. The first-order valence-corrected chi connectivity index (χ1v) is 5.89. The number of hydrogen-bond acceptors (Lipinski definition) is 5. The number of rotatable bonds is 5. The van der Waals surface area contributed by atoms with Crippen LogP contribution in [-0.4, -0.2) is 42.4 Å². The maximum absolute atomic E-state index is 11.4. The van der Waals surface area contributed by atoms with E-state index in [4.69, 9.17) is 5.11 Å². The van der Waals surface area contributed by atoms with Gasteiger partial charge in [-0.25, -0.2) is 13.2 Å². The SMILES string of the molecule is CC(CC(=O)O)S(=O)(=O)CC(=O)NC(N)=O. The van der Waals surface area contributed by atoms with E-state index in [-0.39, 0.29) is 0 Å². The Labute approximate surface area is 91.7 Å². The van der Waals surface area contributed by atoms with E-state index in [0.29, 0.717) is 0 Å². The number of hydrogen-bond donors (Lipinski definition) is 3. The van der Waals surface area contributed by atoms with Gasteiger partial charge in [0.1, 0.15) is 5.75 Å². The molecule has 0 heterocycles. The summed E-state index contributed by atoms with van der Waals surface area (Å²) in [6, 6.07) is -1.16. The Hall–Kier alpha value is -1.64. The van der Waals surface area contributed by atoms with Crippen molar-refractivity contribution < 1.29 is 27.9 Å². The number of nitrogens with two attached hydrogens (primary N) is 1. The van der Waals surface area contributed by atoms with E-state index in [2.05, 4.69) is 5.73 Å². The maximum Gasteiger partial charge on any atom is 0.318 e. The van der Waals surface area contributed by atoms with Gasteiger partial charge >= 0.3 is 12.0 Å². The van der Waals surface area contributed by atoms with E-state index >= 15 is 0 Å². The Kier molecular flexibility index (Phi) is 4.89. The molecule has 0 aliphatic rings. The van der Waals surface area contributed by atoms with Gasteiger partial charge in [-0.2, -0.15) is 0 Å². The lowest BCUT2D eigenvalue weighted by molar-refractivity contribution is -0.137. The van der Waals surface area contributed by atoms with Crippen LogP contribution in [0.3, 0.4) is 0 Å². The van der Waals surface area contributed by atoms with Gasteiger partial charge in [-0.05, 0) is 6.92 Å². The predicted molar refractivity (Wildman–Crippen MR) is 53.2 cm³/mol. The van der Waals surface area contributed by atoms with Gasteiger partial charge in [-0.15, -0.1) is 0 Å². The molecule has 0 spiro atoms. The summed E-state index contributed by atoms with van der Waals surface area (Å²) >= 11 is 0. The number of aliphatic carboxylic acids is 1. The highest BCUT2D eigenvalue weighted by atomic mass is 32.2. The topological polar surface area (TPSA) is 144 Å². The van der Waals surface area contributed by atoms with E-state index in [9.17, 15) is 22.8 Å². The number of sulfone groups is 1. The molecular formula is C7H12N2O6S. The molecule has 16 heavy (non-hydrogen) atoms. The number of imide groups is 1. The summed E-state index contributed by atoms with van der Waals surface area (Å²) < 4.78 is 22.8. The van der Waals surface area contributed by atoms with Crippen molar-refractivity contribution in [1.29, 1.82) is 0 Å². The third kappa shape index (κ3) is 5.29. The molecule has 1 atom stereocenters. The lowest BCUT2D eigenvalue weighted by Gasteiger charge is -2.09. The molecule has 0 rings (SSSR count). The third-order valence-electron chi connectivity index (χ3n) is 1.67. The number of carbonyl (C=O) groups excluding carboxylic acids is 2. The van der Waals surface area contributed by atoms with Crippen LogP contribution in [0.4, 0.5) is 4.79 Å². The van der Waals surface area contributed by atoms with Crippen molar-refractivity contribution >= 4 is 27.7 Å². The molecule has 0 aromatic rings. The summed E-state index contributed by atoms with van der Waals surface area (Å²) in [5, 5.41) is 8.76. The normalized spacial score (nSPS) is 12.8. The molecule has 0 saturated heterocycles. The fraction of sp³-hybridized carbons (Fsp3) is 0.571. The number of carboxylic acids is 1. The van der Waals surface area contributed by atoms with Crippen molar-refractivity contribution in [2.45, 2.75) is 18.6 Å². The van der Waals surface area contributed by atoms with Crippen molar-refractivity contribution in [3.05, 3.63) is 0 Å². The van der Waals surface area contributed by atoms with Crippen molar-refractivity contribution in [3.8, 4) is 0 Å². The average molecular weight is 252 g/mol. The first-order chi connectivity index (χ1) is 7.15. The zero-order valence-corrected chi connectivity index (χ0v) is 9.28. The fourth-order valence-corrected chi connectivity index (χ4v) is 1.99. The standard InChI is InChI=1S/C7H12N2O6S/c1-4(2-6(11)12)16(14,15)3-5(10)9-7(8)13/h4H,2-3H2,1H3,(H,11,12)(H3,8,9,10,13). The fourth-order valence-electron chi connectivity index (χ4n) is 0.871. The highest BCUT2D eigenvalue weighted by molar-refractivity contribution is 7.92. The minimum atomic E-state index is -3.90. The molecule has 3 amide bonds. The second-order valence-corrected chi connectivity index (χ2v) is 5.55. The molecule has 0 aliphatic carbocycles. The Morgan fingerprint density at radius 2 is 1.88 bits per heavy atom. The Bertz CT molecular complexity index is 401. The van der Waals surface area contributed by atoms with Crippen LogP contribution in [0.15, 0.2) is 0 Å². The number of urea groups is 1. The van der Waals surface area contributed by atoms with Crippen LogP contribution in [-0.2, 0) is 19.4 Å². The van der Waals surface area contributed by atoms with Crippen molar-refractivity contribution in [3.63, 3.8) is 0 Å². The summed E-state index contributed by atoms with van der Waals surface area (Å²) in [5.74, 6) is -3.33. The summed E-state index contributed by atoms with van der Waals surface area (Å²) in [7, 11) is -3.90. The molecule has 0 radical (unpaired) electrons. The van der Waals surface area contributed by atoms with Crippen LogP contribution in [0, 0.1) is 0 Å². The first kappa shape index (κ1) is 14.4. The number of amides is 3. The van der Waals surface area contributed by atoms with E-state index in [1.165, 1.54) is 6.92 Å². The molecule has 9 heteroatoms. The van der Waals surface area contributed by atoms with Crippen LogP contribution >= 0.6 is 0 Å². The molecule has 8 nitrogen and oxygen atoms in total. The van der Waals surface area contributed by atoms with Gasteiger partial charge in [0, 0.05) is 0 Å². The lowest BCUT2D eigenvalue weighted by atomic mass is 10.3. The van der Waals surface area contributed by atoms with Gasteiger partial charge in [0.2, 0.25) is 5.91 Å². The molecule has 0 aromatic carbocycles. The molecule has 4 N–H and O–H groups in total. The average Bonchev–Trinajstić information content (AvgIpc) is 1.98. The number of carbonyl (C=O) groups is 3. The van der Waals surface area contributed by atoms with Crippen LogP contribution in [0.25, 0.3) is 0 Å². The Morgan fingerprint density at radius 1 is 1.38 bits per heavy atom. The zero-order valence-electron chi connectivity index (χ0n) is 8.47. The van der Waals surface area contributed by atoms with E-state index in [1.54, 1.807) is 5.32 Å². The number of carboxylic acid groups (broad SMARTS) is 1. The highest BCUT2D eigenvalue weighted by Crippen LogP contribution is 2.06. The van der Waals surface area contributed by atoms with Gasteiger partial charge in [0.25, 0.3) is 0 Å². The minimum Gasteiger partial charge on any atom is -0.481 e. The summed E-state index contributed by atoms with van der Waals surface area (Å²) in [6.07, 6.45) is -0.605. The number of primary amides is 1. The molecule has 0 aromatic heterocycles. The Balaban J connectivity index is 4.51. The third-order valence-corrected chi connectivity index (χ3v) is 3.73. The van der Waals surface area contributed by atoms with Crippen molar-refractivity contribution in [1.82, 2.24) is 5.32 Å².